The first-order valence-electron chi connectivity index (χ1n) is 4.94. The maximum absolute atomic E-state index is 11.1. The predicted octanol–water partition coefficient (Wildman–Crippen LogP) is 2.34. The fourth-order valence-corrected chi connectivity index (χ4v) is 1.25. The number of unbranched alkanes of at least 4 members (excludes halogenated alkanes) is 3. The maximum Gasteiger partial charge on any atom is 0.222 e. The van der Waals surface area contributed by atoms with Crippen LogP contribution in [0.5, 0.6) is 0 Å². The number of hydrogen-bond donors (Lipinski definition) is 1. The monoisotopic (exact) mass is 171 g/mol. The summed E-state index contributed by atoms with van der Waals surface area (Å²) < 4.78 is 0. The lowest BCUT2D eigenvalue weighted by atomic mass is 10.0. The van der Waals surface area contributed by atoms with Crippen LogP contribution in [-0.2, 0) is 4.79 Å². The Morgan fingerprint density at radius 1 is 1.33 bits per heavy atom. The van der Waals surface area contributed by atoms with Gasteiger partial charge < -0.3 is 5.32 Å². The van der Waals surface area contributed by atoms with Crippen LogP contribution >= 0.6 is 0 Å². The molecule has 0 saturated carbocycles. The van der Waals surface area contributed by atoms with E-state index in [9.17, 15) is 4.79 Å². The molecule has 1 N–H and O–H groups in total. The van der Waals surface area contributed by atoms with Crippen molar-refractivity contribution in [3.8, 4) is 0 Å². The topological polar surface area (TPSA) is 29.1 Å². The van der Waals surface area contributed by atoms with Crippen LogP contribution in [0.4, 0.5) is 0 Å². The van der Waals surface area contributed by atoms with Crippen LogP contribution in [0, 0.1) is 5.92 Å². The minimum atomic E-state index is 0.173. The van der Waals surface area contributed by atoms with Gasteiger partial charge in [0, 0.05) is 13.0 Å². The molecule has 0 fully saturated rings. The molecule has 0 radical (unpaired) electrons. The molecule has 2 nitrogen and oxygen atoms in total. The van der Waals surface area contributed by atoms with Crippen molar-refractivity contribution < 1.29 is 4.79 Å². The molecule has 0 bridgehead atoms. The number of carbonyl (C=O) groups excluding carboxylic acids is 1. The number of nitrogens with one attached hydrogen (secondary N) is 1. The average molecular weight is 171 g/mol. The lowest BCUT2D eigenvalue weighted by Crippen LogP contribution is -2.25. The van der Waals surface area contributed by atoms with Gasteiger partial charge in [-0.25, -0.2) is 0 Å². The molecular weight excluding hydrogens is 150 g/mol. The zero-order valence-electron chi connectivity index (χ0n) is 8.52. The summed E-state index contributed by atoms with van der Waals surface area (Å²) in [5.41, 5.74) is 0. The molecule has 0 aromatic heterocycles. The molecule has 0 rings (SSSR count). The Labute approximate surface area is 75.7 Å². The molecule has 12 heavy (non-hydrogen) atoms. The summed E-state index contributed by atoms with van der Waals surface area (Å²) in [6.45, 7) is 4.19. The summed E-state index contributed by atoms with van der Waals surface area (Å²) >= 11 is 0. The van der Waals surface area contributed by atoms with E-state index >= 15 is 0 Å². The van der Waals surface area contributed by atoms with Crippen molar-refractivity contribution >= 4 is 5.91 Å². The van der Waals surface area contributed by atoms with Crippen LogP contribution in [0.1, 0.15) is 46.0 Å². The van der Waals surface area contributed by atoms with Crippen molar-refractivity contribution in [2.24, 2.45) is 5.92 Å². The Morgan fingerprint density at radius 2 is 2.00 bits per heavy atom. The third-order valence-corrected chi connectivity index (χ3v) is 2.18. The van der Waals surface area contributed by atoms with Gasteiger partial charge in [0.1, 0.15) is 0 Å². The molecule has 0 saturated heterocycles. The summed E-state index contributed by atoms with van der Waals surface area (Å²) in [5, 5.41) is 2.67. The molecule has 1 atom stereocenters. The Morgan fingerprint density at radius 3 is 2.50 bits per heavy atom. The van der Waals surface area contributed by atoms with E-state index < -0.39 is 0 Å². The standard InChI is InChI=1S/C10H21NO/c1-4-5-6-7-8-9(2)10(12)11-3/h9H,4-8H2,1-3H3,(H,11,12). The zero-order valence-corrected chi connectivity index (χ0v) is 8.52. The minimum Gasteiger partial charge on any atom is -0.359 e. The van der Waals surface area contributed by atoms with Gasteiger partial charge in [-0.05, 0) is 6.42 Å². The smallest absolute Gasteiger partial charge is 0.222 e. The molecule has 0 aliphatic carbocycles. The molecule has 0 aromatic rings. The lowest BCUT2D eigenvalue weighted by molar-refractivity contribution is -0.124. The maximum atomic E-state index is 11.1. The van der Waals surface area contributed by atoms with Crippen molar-refractivity contribution in [1.82, 2.24) is 5.32 Å². The normalized spacial score (nSPS) is 12.6. The first-order valence-corrected chi connectivity index (χ1v) is 4.94. The third kappa shape index (κ3) is 5.16. The largest absolute Gasteiger partial charge is 0.359 e. The van der Waals surface area contributed by atoms with Crippen molar-refractivity contribution in [2.75, 3.05) is 7.05 Å². The molecule has 1 unspecified atom stereocenters. The quantitative estimate of drug-likeness (QED) is 0.611. The van der Waals surface area contributed by atoms with Gasteiger partial charge in [0.25, 0.3) is 0 Å². The fourth-order valence-electron chi connectivity index (χ4n) is 1.25. The molecule has 72 valence electrons. The molecular formula is C10H21NO. The number of amides is 1. The molecule has 0 heterocycles. The van der Waals surface area contributed by atoms with Gasteiger partial charge in [-0.15, -0.1) is 0 Å². The fraction of sp³-hybridized carbons (Fsp3) is 0.900. The van der Waals surface area contributed by atoms with Crippen LogP contribution in [0.3, 0.4) is 0 Å². The second-order valence-corrected chi connectivity index (χ2v) is 3.36. The van der Waals surface area contributed by atoms with Crippen molar-refractivity contribution in [3.05, 3.63) is 0 Å². The van der Waals surface area contributed by atoms with Gasteiger partial charge in [0.15, 0.2) is 0 Å². The highest BCUT2D eigenvalue weighted by molar-refractivity contribution is 5.77. The van der Waals surface area contributed by atoms with Gasteiger partial charge in [-0.3, -0.25) is 4.79 Å². The highest BCUT2D eigenvalue weighted by atomic mass is 16.1. The Kier molecular flexibility index (Phi) is 6.82. The third-order valence-electron chi connectivity index (χ3n) is 2.18. The van der Waals surface area contributed by atoms with Gasteiger partial charge in [0.2, 0.25) is 5.91 Å². The minimum absolute atomic E-state index is 0.173. The van der Waals surface area contributed by atoms with Crippen molar-refractivity contribution in [2.45, 2.75) is 46.0 Å². The zero-order chi connectivity index (χ0) is 9.40. The lowest BCUT2D eigenvalue weighted by Gasteiger charge is -2.08. The molecule has 0 aromatic carbocycles. The molecule has 0 spiro atoms. The van der Waals surface area contributed by atoms with Crippen molar-refractivity contribution in [3.63, 3.8) is 0 Å². The van der Waals surface area contributed by atoms with E-state index in [0.29, 0.717) is 0 Å². The van der Waals surface area contributed by atoms with Crippen LogP contribution in [0.25, 0.3) is 0 Å². The Balaban J connectivity index is 3.31. The Hall–Kier alpha value is -0.530. The number of rotatable bonds is 6. The number of carbonyl (C=O) groups is 1. The highest BCUT2D eigenvalue weighted by Gasteiger charge is 2.09. The van der Waals surface area contributed by atoms with E-state index in [-0.39, 0.29) is 11.8 Å². The molecule has 1 amide bonds. The van der Waals surface area contributed by atoms with E-state index in [1.165, 1.54) is 25.7 Å². The molecule has 2 heteroatoms. The summed E-state index contributed by atoms with van der Waals surface area (Å²) in [6.07, 6.45) is 6.02. The first kappa shape index (κ1) is 11.5. The van der Waals surface area contributed by atoms with E-state index in [0.717, 1.165) is 6.42 Å². The second kappa shape index (κ2) is 7.14. The van der Waals surface area contributed by atoms with Crippen LogP contribution in [-0.4, -0.2) is 13.0 Å². The van der Waals surface area contributed by atoms with Gasteiger partial charge in [0.05, 0.1) is 0 Å². The average Bonchev–Trinajstić information content (AvgIpc) is 2.10. The molecule has 0 aliphatic rings. The van der Waals surface area contributed by atoms with E-state index in [2.05, 4.69) is 12.2 Å². The van der Waals surface area contributed by atoms with E-state index in [4.69, 9.17) is 0 Å². The van der Waals surface area contributed by atoms with Crippen LogP contribution in [0.15, 0.2) is 0 Å². The van der Waals surface area contributed by atoms with Gasteiger partial charge in [-0.2, -0.15) is 0 Å². The van der Waals surface area contributed by atoms with Crippen LogP contribution in [0.2, 0.25) is 0 Å². The SMILES string of the molecule is CCCCCCC(C)C(=O)NC. The summed E-state index contributed by atoms with van der Waals surface area (Å²) in [5.74, 6) is 0.360. The van der Waals surface area contributed by atoms with Crippen molar-refractivity contribution in [1.29, 1.82) is 0 Å². The van der Waals surface area contributed by atoms with Gasteiger partial charge in [-0.1, -0.05) is 39.5 Å². The number of hydrogen-bond acceptors (Lipinski definition) is 1. The van der Waals surface area contributed by atoms with E-state index in [1.54, 1.807) is 7.05 Å². The first-order chi connectivity index (χ1) is 5.72. The Bertz CT molecular complexity index is 123. The second-order valence-electron chi connectivity index (χ2n) is 3.36. The summed E-state index contributed by atoms with van der Waals surface area (Å²) in [7, 11) is 1.70. The highest BCUT2D eigenvalue weighted by Crippen LogP contribution is 2.09. The predicted molar refractivity (Wildman–Crippen MR) is 52.0 cm³/mol. The van der Waals surface area contributed by atoms with Gasteiger partial charge >= 0.3 is 0 Å². The van der Waals surface area contributed by atoms with E-state index in [1.807, 2.05) is 6.92 Å². The summed E-state index contributed by atoms with van der Waals surface area (Å²) in [4.78, 5) is 11.1. The molecule has 0 aliphatic heterocycles. The van der Waals surface area contributed by atoms with Crippen LogP contribution < -0.4 is 5.32 Å². The summed E-state index contributed by atoms with van der Waals surface area (Å²) in [6, 6.07) is 0.